The van der Waals surface area contributed by atoms with Crippen molar-refractivity contribution in [2.24, 2.45) is 5.92 Å². The van der Waals surface area contributed by atoms with Gasteiger partial charge in [0, 0.05) is 24.3 Å². The summed E-state index contributed by atoms with van der Waals surface area (Å²) >= 11 is 3.45. The molecule has 0 fully saturated rings. The van der Waals surface area contributed by atoms with Gasteiger partial charge in [-0.3, -0.25) is 4.79 Å². The van der Waals surface area contributed by atoms with Crippen LogP contribution < -0.4 is 10.1 Å². The van der Waals surface area contributed by atoms with Crippen molar-refractivity contribution in [1.29, 1.82) is 0 Å². The van der Waals surface area contributed by atoms with Gasteiger partial charge in [0.2, 0.25) is 10.0 Å². The summed E-state index contributed by atoms with van der Waals surface area (Å²) in [6, 6.07) is 11.4. The van der Waals surface area contributed by atoms with Crippen LogP contribution in [0.25, 0.3) is 0 Å². The maximum atomic E-state index is 12.6. The lowest BCUT2D eigenvalue weighted by Crippen LogP contribution is -2.30. The van der Waals surface area contributed by atoms with E-state index in [4.69, 9.17) is 4.74 Å². The van der Waals surface area contributed by atoms with Crippen LogP contribution in [0.3, 0.4) is 0 Å². The standard InChI is InChI=1S/C22H29BrN2O4S/c1-5-25(6-2)30(27,28)19-10-8-18(9-11-19)24-22(26)17-7-12-21(20(23)15-17)29-14-13-16(3)4/h7-12,15-16H,5-6,13-14H2,1-4H3,(H,24,26). The van der Waals surface area contributed by atoms with E-state index in [0.29, 0.717) is 47.1 Å². The molecule has 0 saturated carbocycles. The minimum absolute atomic E-state index is 0.204. The fourth-order valence-corrected chi connectivity index (χ4v) is 4.74. The van der Waals surface area contributed by atoms with Gasteiger partial charge in [0.15, 0.2) is 0 Å². The van der Waals surface area contributed by atoms with Gasteiger partial charge in [-0.15, -0.1) is 0 Å². The number of nitrogens with one attached hydrogen (secondary N) is 1. The lowest BCUT2D eigenvalue weighted by Gasteiger charge is -2.18. The van der Waals surface area contributed by atoms with E-state index in [1.54, 1.807) is 44.2 Å². The Morgan fingerprint density at radius 3 is 2.27 bits per heavy atom. The molecule has 0 aromatic heterocycles. The molecule has 0 bridgehead atoms. The van der Waals surface area contributed by atoms with Gasteiger partial charge in [-0.2, -0.15) is 4.31 Å². The smallest absolute Gasteiger partial charge is 0.255 e. The molecule has 0 unspecified atom stereocenters. The number of hydrogen-bond donors (Lipinski definition) is 1. The molecule has 0 saturated heterocycles. The summed E-state index contributed by atoms with van der Waals surface area (Å²) in [4.78, 5) is 12.8. The van der Waals surface area contributed by atoms with E-state index >= 15 is 0 Å². The van der Waals surface area contributed by atoms with Crippen molar-refractivity contribution in [1.82, 2.24) is 4.31 Å². The number of benzene rings is 2. The third kappa shape index (κ3) is 6.30. The first-order chi connectivity index (χ1) is 14.2. The van der Waals surface area contributed by atoms with Crippen molar-refractivity contribution in [3.63, 3.8) is 0 Å². The number of amides is 1. The van der Waals surface area contributed by atoms with Crippen molar-refractivity contribution in [2.45, 2.75) is 39.0 Å². The first-order valence-corrected chi connectivity index (χ1v) is 12.3. The Morgan fingerprint density at radius 1 is 1.10 bits per heavy atom. The Morgan fingerprint density at radius 2 is 1.73 bits per heavy atom. The third-order valence-electron chi connectivity index (χ3n) is 4.60. The fraction of sp³-hybridized carbons (Fsp3) is 0.409. The average molecular weight is 497 g/mol. The van der Waals surface area contributed by atoms with Crippen molar-refractivity contribution < 1.29 is 17.9 Å². The molecule has 0 radical (unpaired) electrons. The highest BCUT2D eigenvalue weighted by molar-refractivity contribution is 9.10. The number of anilines is 1. The summed E-state index contributed by atoms with van der Waals surface area (Å²) in [7, 11) is -3.52. The molecule has 0 aliphatic heterocycles. The summed E-state index contributed by atoms with van der Waals surface area (Å²) in [5.41, 5.74) is 0.991. The fourth-order valence-electron chi connectivity index (χ4n) is 2.79. The summed E-state index contributed by atoms with van der Waals surface area (Å²) in [6.07, 6.45) is 0.953. The molecule has 1 N–H and O–H groups in total. The predicted molar refractivity (Wildman–Crippen MR) is 124 cm³/mol. The highest BCUT2D eigenvalue weighted by Crippen LogP contribution is 2.27. The Labute approximate surface area is 187 Å². The summed E-state index contributed by atoms with van der Waals surface area (Å²) in [5, 5.41) is 2.79. The maximum absolute atomic E-state index is 12.6. The van der Waals surface area contributed by atoms with Crippen LogP contribution in [0.1, 0.15) is 44.5 Å². The SMILES string of the molecule is CCN(CC)S(=O)(=O)c1ccc(NC(=O)c2ccc(OCCC(C)C)c(Br)c2)cc1. The van der Waals surface area contributed by atoms with Crippen LogP contribution in [0.2, 0.25) is 0 Å². The van der Waals surface area contributed by atoms with Crippen LogP contribution in [-0.2, 0) is 10.0 Å². The molecule has 0 atom stereocenters. The van der Waals surface area contributed by atoms with E-state index in [1.807, 2.05) is 0 Å². The highest BCUT2D eigenvalue weighted by Gasteiger charge is 2.21. The summed E-state index contributed by atoms with van der Waals surface area (Å²) in [5.74, 6) is 0.962. The number of hydrogen-bond acceptors (Lipinski definition) is 4. The largest absolute Gasteiger partial charge is 0.492 e. The molecule has 30 heavy (non-hydrogen) atoms. The molecule has 0 aliphatic carbocycles. The van der Waals surface area contributed by atoms with Crippen LogP contribution in [-0.4, -0.2) is 38.3 Å². The molecule has 164 valence electrons. The average Bonchev–Trinajstić information content (AvgIpc) is 2.70. The van der Waals surface area contributed by atoms with E-state index in [1.165, 1.54) is 16.4 Å². The monoisotopic (exact) mass is 496 g/mol. The van der Waals surface area contributed by atoms with Crippen LogP contribution in [0.15, 0.2) is 51.8 Å². The zero-order valence-electron chi connectivity index (χ0n) is 17.8. The normalized spacial score (nSPS) is 11.7. The van der Waals surface area contributed by atoms with Crippen molar-refractivity contribution in [3.05, 3.63) is 52.5 Å². The van der Waals surface area contributed by atoms with Crippen molar-refractivity contribution >= 4 is 37.5 Å². The second-order valence-electron chi connectivity index (χ2n) is 7.24. The Kier molecular flexibility index (Phi) is 8.88. The van der Waals surface area contributed by atoms with Crippen LogP contribution in [0.5, 0.6) is 5.75 Å². The van der Waals surface area contributed by atoms with Crippen LogP contribution in [0, 0.1) is 5.92 Å². The highest BCUT2D eigenvalue weighted by atomic mass is 79.9. The van der Waals surface area contributed by atoms with Gasteiger partial charge in [0.25, 0.3) is 5.91 Å². The second kappa shape index (κ2) is 10.9. The second-order valence-corrected chi connectivity index (χ2v) is 10.0. The molecule has 8 heteroatoms. The quantitative estimate of drug-likeness (QED) is 0.492. The minimum atomic E-state index is -3.52. The number of sulfonamides is 1. The zero-order chi connectivity index (χ0) is 22.3. The van der Waals surface area contributed by atoms with Gasteiger partial charge >= 0.3 is 0 Å². The number of halogens is 1. The molecule has 0 heterocycles. The maximum Gasteiger partial charge on any atom is 0.255 e. The molecule has 0 aliphatic rings. The topological polar surface area (TPSA) is 75.7 Å². The Hall–Kier alpha value is -1.90. The molecular weight excluding hydrogens is 468 g/mol. The lowest BCUT2D eigenvalue weighted by molar-refractivity contribution is 0.102. The van der Waals surface area contributed by atoms with Gasteiger partial charge in [-0.05, 0) is 70.7 Å². The first-order valence-electron chi connectivity index (χ1n) is 10.0. The molecule has 0 spiro atoms. The van der Waals surface area contributed by atoms with E-state index < -0.39 is 10.0 Å². The molecule has 2 aromatic carbocycles. The van der Waals surface area contributed by atoms with Crippen LogP contribution in [0.4, 0.5) is 5.69 Å². The van der Waals surface area contributed by atoms with E-state index in [-0.39, 0.29) is 10.8 Å². The van der Waals surface area contributed by atoms with Crippen LogP contribution >= 0.6 is 15.9 Å². The van der Waals surface area contributed by atoms with Crippen molar-refractivity contribution in [2.75, 3.05) is 25.0 Å². The van der Waals surface area contributed by atoms with Gasteiger partial charge in [-0.1, -0.05) is 27.7 Å². The molecular formula is C22H29BrN2O4S. The third-order valence-corrected chi connectivity index (χ3v) is 7.29. The van der Waals surface area contributed by atoms with Gasteiger partial charge in [0.05, 0.1) is 16.0 Å². The number of ether oxygens (including phenoxy) is 1. The molecule has 6 nitrogen and oxygen atoms in total. The molecule has 2 aromatic rings. The van der Waals surface area contributed by atoms with Crippen molar-refractivity contribution in [3.8, 4) is 5.75 Å². The van der Waals surface area contributed by atoms with E-state index in [2.05, 4.69) is 35.1 Å². The summed E-state index contributed by atoms with van der Waals surface area (Å²) in [6.45, 7) is 9.30. The van der Waals surface area contributed by atoms with Gasteiger partial charge in [0.1, 0.15) is 5.75 Å². The van der Waals surface area contributed by atoms with E-state index in [9.17, 15) is 13.2 Å². The molecule has 1 amide bonds. The van der Waals surface area contributed by atoms with E-state index in [0.717, 1.165) is 6.42 Å². The Balaban J connectivity index is 2.06. The number of rotatable bonds is 10. The number of carbonyl (C=O) groups excluding carboxylic acids is 1. The summed E-state index contributed by atoms with van der Waals surface area (Å²) < 4.78 is 32.9. The first kappa shape index (κ1) is 24.4. The van der Waals surface area contributed by atoms with Gasteiger partial charge < -0.3 is 10.1 Å². The number of carbonyl (C=O) groups is 1. The Bertz CT molecular complexity index is 956. The predicted octanol–water partition coefficient (Wildman–Crippen LogP) is 5.16. The van der Waals surface area contributed by atoms with Gasteiger partial charge in [-0.25, -0.2) is 8.42 Å². The lowest BCUT2D eigenvalue weighted by atomic mass is 10.1. The zero-order valence-corrected chi connectivity index (χ0v) is 20.2. The number of nitrogens with zero attached hydrogens (tertiary/aromatic N) is 1. The molecule has 2 rings (SSSR count). The minimum Gasteiger partial charge on any atom is -0.492 e.